The second-order valence-electron chi connectivity index (χ2n) is 2.91. The predicted molar refractivity (Wildman–Crippen MR) is 46.5 cm³/mol. The molecule has 0 aromatic heterocycles. The lowest BCUT2D eigenvalue weighted by molar-refractivity contribution is -0.247. The highest BCUT2D eigenvalue weighted by molar-refractivity contribution is 4.68. The Morgan fingerprint density at radius 3 is 1.77 bits per heavy atom. The van der Waals surface area contributed by atoms with Crippen molar-refractivity contribution in [2.24, 2.45) is 0 Å². The van der Waals surface area contributed by atoms with Crippen LogP contribution in [0.5, 0.6) is 0 Å². The van der Waals surface area contributed by atoms with Gasteiger partial charge in [-0.2, -0.15) is 13.2 Å². The molecule has 0 aromatic rings. The van der Waals surface area contributed by atoms with E-state index in [0.717, 1.165) is 0 Å². The Morgan fingerprint density at radius 1 is 1.15 bits per heavy atom. The van der Waals surface area contributed by atoms with E-state index in [9.17, 15) is 13.2 Å². The predicted octanol–water partition coefficient (Wildman–Crippen LogP) is 1.83. The number of piperazine rings is 1. The molecular weight excluding hydrogens is 181 g/mol. The third-order valence-electron chi connectivity index (χ3n) is 1.48. The van der Waals surface area contributed by atoms with E-state index in [1.54, 1.807) is 0 Å². The zero-order valence-corrected chi connectivity index (χ0v) is 8.12. The normalized spacial score (nSPS) is 19.2. The summed E-state index contributed by atoms with van der Waals surface area (Å²) in [7, 11) is 0. The monoisotopic (exact) mass is 198 g/mol. The van der Waals surface area contributed by atoms with E-state index in [4.69, 9.17) is 0 Å². The van der Waals surface area contributed by atoms with Crippen molar-refractivity contribution in [1.29, 1.82) is 0 Å². The van der Waals surface area contributed by atoms with Gasteiger partial charge in [0, 0.05) is 26.2 Å². The number of halogens is 3. The highest BCUT2D eigenvalue weighted by Gasteiger charge is 2.37. The molecule has 0 atom stereocenters. The van der Waals surface area contributed by atoms with E-state index in [2.05, 4.69) is 19.2 Å². The zero-order valence-electron chi connectivity index (χ0n) is 8.12. The zero-order chi connectivity index (χ0) is 10.3. The summed E-state index contributed by atoms with van der Waals surface area (Å²) < 4.78 is 35.5. The number of hydrogen-bond acceptors (Lipinski definition) is 2. The van der Waals surface area contributed by atoms with Crippen LogP contribution >= 0.6 is 0 Å². The summed E-state index contributed by atoms with van der Waals surface area (Å²) in [5, 5.41) is 2.85. The van der Waals surface area contributed by atoms with Crippen molar-refractivity contribution in [2.45, 2.75) is 26.6 Å². The van der Waals surface area contributed by atoms with Gasteiger partial charge in [0.25, 0.3) is 0 Å². The summed E-state index contributed by atoms with van der Waals surface area (Å²) in [6, 6.07) is 0. The lowest BCUT2D eigenvalue weighted by Gasteiger charge is -2.28. The summed E-state index contributed by atoms with van der Waals surface area (Å²) in [5.74, 6) is 0. The fourth-order valence-electron chi connectivity index (χ4n) is 0.918. The van der Waals surface area contributed by atoms with Crippen LogP contribution < -0.4 is 5.32 Å². The lowest BCUT2D eigenvalue weighted by Crippen LogP contribution is -2.50. The number of nitrogens with zero attached hydrogens (tertiary/aromatic N) is 1. The Kier molecular flexibility index (Phi) is 6.07. The molecule has 1 N–H and O–H groups in total. The molecule has 2 nitrogen and oxygen atoms in total. The number of alkyl halides is 3. The summed E-state index contributed by atoms with van der Waals surface area (Å²) in [6.45, 7) is 5.26. The smallest absolute Gasteiger partial charge is 0.314 e. The molecular formula is C8H17F3N2. The quantitative estimate of drug-likeness (QED) is 0.597. The fourth-order valence-corrected chi connectivity index (χ4v) is 0.918. The first kappa shape index (κ1) is 12.7. The molecule has 0 radical (unpaired) electrons. The standard InChI is InChI=1S/C5H9F3N2.C3H8/c6-5(7,8)10-3-1-9-2-4-10;1-3-2/h9H,1-4H2;3H2,1-2H3. The average Bonchev–Trinajstić information content (AvgIpc) is 2.06. The van der Waals surface area contributed by atoms with Gasteiger partial charge in [0.15, 0.2) is 0 Å². The molecule has 1 aliphatic heterocycles. The van der Waals surface area contributed by atoms with Gasteiger partial charge in [-0.1, -0.05) is 20.3 Å². The maximum absolute atomic E-state index is 11.8. The molecule has 1 aliphatic rings. The summed E-state index contributed by atoms with van der Waals surface area (Å²) in [4.78, 5) is 0.517. The Labute approximate surface area is 77.1 Å². The maximum Gasteiger partial charge on any atom is 0.460 e. The Hall–Kier alpha value is -0.290. The summed E-state index contributed by atoms with van der Waals surface area (Å²) in [5.41, 5.74) is 0. The largest absolute Gasteiger partial charge is 0.460 e. The van der Waals surface area contributed by atoms with Gasteiger partial charge in [-0.25, -0.2) is 4.90 Å². The van der Waals surface area contributed by atoms with Crippen molar-refractivity contribution in [3.63, 3.8) is 0 Å². The Morgan fingerprint density at radius 2 is 1.54 bits per heavy atom. The van der Waals surface area contributed by atoms with Gasteiger partial charge in [0.2, 0.25) is 0 Å². The van der Waals surface area contributed by atoms with Crippen LogP contribution in [-0.4, -0.2) is 37.4 Å². The van der Waals surface area contributed by atoms with Crippen molar-refractivity contribution in [2.75, 3.05) is 26.2 Å². The van der Waals surface area contributed by atoms with Crippen molar-refractivity contribution in [3.8, 4) is 0 Å². The van der Waals surface area contributed by atoms with Crippen LogP contribution in [0.25, 0.3) is 0 Å². The molecule has 1 rings (SSSR count). The molecule has 0 unspecified atom stereocenters. The first-order valence-electron chi connectivity index (χ1n) is 4.54. The van der Waals surface area contributed by atoms with Crippen LogP contribution in [0.3, 0.4) is 0 Å². The van der Waals surface area contributed by atoms with Crippen LogP contribution in [0, 0.1) is 0 Å². The molecule has 0 amide bonds. The van der Waals surface area contributed by atoms with Gasteiger partial charge >= 0.3 is 6.30 Å². The van der Waals surface area contributed by atoms with E-state index in [0.29, 0.717) is 18.0 Å². The van der Waals surface area contributed by atoms with Crippen molar-refractivity contribution < 1.29 is 13.2 Å². The maximum atomic E-state index is 11.8. The van der Waals surface area contributed by atoms with Gasteiger partial charge < -0.3 is 5.32 Å². The molecule has 80 valence electrons. The first-order chi connectivity index (χ1) is 6.02. The second-order valence-corrected chi connectivity index (χ2v) is 2.91. The molecule has 1 fully saturated rings. The molecule has 13 heavy (non-hydrogen) atoms. The second kappa shape index (κ2) is 6.21. The topological polar surface area (TPSA) is 15.3 Å². The molecule has 0 saturated carbocycles. The highest BCUT2D eigenvalue weighted by Crippen LogP contribution is 2.20. The minimum Gasteiger partial charge on any atom is -0.314 e. The van der Waals surface area contributed by atoms with Crippen LogP contribution in [0.2, 0.25) is 0 Å². The van der Waals surface area contributed by atoms with Gasteiger partial charge in [0.1, 0.15) is 0 Å². The summed E-state index contributed by atoms with van der Waals surface area (Å²) in [6.07, 6.45) is -2.89. The van der Waals surface area contributed by atoms with Gasteiger partial charge in [-0.3, -0.25) is 0 Å². The number of nitrogens with one attached hydrogen (secondary N) is 1. The van der Waals surface area contributed by atoms with Crippen molar-refractivity contribution in [1.82, 2.24) is 10.2 Å². The first-order valence-corrected chi connectivity index (χ1v) is 4.54. The molecule has 0 spiro atoms. The third kappa shape index (κ3) is 5.87. The minimum absolute atomic E-state index is 0.0729. The number of hydrogen-bond donors (Lipinski definition) is 1. The Bertz CT molecular complexity index is 119. The average molecular weight is 198 g/mol. The van der Waals surface area contributed by atoms with Crippen LogP contribution in [0.1, 0.15) is 20.3 Å². The van der Waals surface area contributed by atoms with Crippen molar-refractivity contribution >= 4 is 0 Å². The summed E-state index contributed by atoms with van der Waals surface area (Å²) >= 11 is 0. The van der Waals surface area contributed by atoms with E-state index in [1.165, 1.54) is 6.42 Å². The molecule has 1 heterocycles. The van der Waals surface area contributed by atoms with Gasteiger partial charge in [-0.05, 0) is 0 Å². The SMILES string of the molecule is CCC.FC(F)(F)N1CCNCC1. The molecule has 0 aliphatic carbocycles. The van der Waals surface area contributed by atoms with Crippen LogP contribution in [-0.2, 0) is 0 Å². The van der Waals surface area contributed by atoms with Crippen molar-refractivity contribution in [3.05, 3.63) is 0 Å². The molecule has 0 bridgehead atoms. The molecule has 1 saturated heterocycles. The Balaban J connectivity index is 0.000000424. The van der Waals surface area contributed by atoms with Crippen LogP contribution in [0.15, 0.2) is 0 Å². The van der Waals surface area contributed by atoms with E-state index < -0.39 is 6.30 Å². The van der Waals surface area contributed by atoms with Gasteiger partial charge in [-0.15, -0.1) is 0 Å². The minimum atomic E-state index is -4.14. The molecule has 0 aromatic carbocycles. The highest BCUT2D eigenvalue weighted by atomic mass is 19.4. The third-order valence-corrected chi connectivity index (χ3v) is 1.48. The van der Waals surface area contributed by atoms with E-state index in [1.807, 2.05) is 0 Å². The van der Waals surface area contributed by atoms with E-state index in [-0.39, 0.29) is 13.1 Å². The van der Waals surface area contributed by atoms with Crippen LogP contribution in [0.4, 0.5) is 13.2 Å². The fraction of sp³-hybridized carbons (Fsp3) is 1.00. The number of rotatable bonds is 0. The van der Waals surface area contributed by atoms with E-state index >= 15 is 0 Å². The van der Waals surface area contributed by atoms with Gasteiger partial charge in [0.05, 0.1) is 0 Å². The lowest BCUT2D eigenvalue weighted by atomic mass is 10.4. The molecule has 5 heteroatoms.